The summed E-state index contributed by atoms with van der Waals surface area (Å²) >= 11 is 0. The van der Waals surface area contributed by atoms with E-state index in [1.54, 1.807) is 13.8 Å². The first-order valence-corrected chi connectivity index (χ1v) is 7.92. The number of methoxy groups -OCH3 is 1. The van der Waals surface area contributed by atoms with Crippen molar-refractivity contribution in [2.24, 2.45) is 0 Å². The Balaban J connectivity index is 1.53. The second-order valence-electron chi connectivity index (χ2n) is 6.26. The largest absolute Gasteiger partial charge is 0.513 e. The van der Waals surface area contributed by atoms with Crippen molar-refractivity contribution in [3.63, 3.8) is 0 Å². The minimum absolute atomic E-state index is 0.109. The average Bonchev–Trinajstić information content (AvgIpc) is 3.06. The van der Waals surface area contributed by atoms with Crippen molar-refractivity contribution < 1.29 is 38.1 Å². The Morgan fingerprint density at radius 3 is 2.50 bits per heavy atom. The molecule has 0 bridgehead atoms. The average molecular weight is 369 g/mol. The number of fused-ring (bicyclic) bond motifs is 1. The van der Waals surface area contributed by atoms with E-state index in [1.165, 1.54) is 31.4 Å². The van der Waals surface area contributed by atoms with Gasteiger partial charge in [0.15, 0.2) is 12.1 Å². The molecule has 2 aliphatic heterocycles. The van der Waals surface area contributed by atoms with Gasteiger partial charge in [0, 0.05) is 19.2 Å². The predicted octanol–water partition coefficient (Wildman–Crippen LogP) is 2.00. The summed E-state index contributed by atoms with van der Waals surface area (Å²) in [5.41, 5.74) is -0.109. The fourth-order valence-corrected chi connectivity index (χ4v) is 2.88. The fraction of sp³-hybridized carbons (Fsp3) is 0.562. The standard InChI is InChI=1S/C16H19NO9/c1-16(2)25-12-11(24-14(21-3)13(12)26-16)8-22-15(18)23-10-6-4-9(5-7-10)17(19)20/h4-7,11-14H,8H2,1-3H3/t11-,12-,13-,14-/m1/s1. The van der Waals surface area contributed by atoms with Gasteiger partial charge in [-0.2, -0.15) is 0 Å². The summed E-state index contributed by atoms with van der Waals surface area (Å²) in [6.07, 6.45) is -3.02. The summed E-state index contributed by atoms with van der Waals surface area (Å²) in [6, 6.07) is 5.06. The summed E-state index contributed by atoms with van der Waals surface area (Å²) in [6.45, 7) is 3.43. The SMILES string of the molecule is CO[C@@H]1O[C@H](COC(=O)Oc2ccc([N+](=O)[O-])cc2)[C@H]2OC(C)(C)O[C@@H]12. The van der Waals surface area contributed by atoms with E-state index in [-0.39, 0.29) is 18.0 Å². The third-order valence-electron chi connectivity index (χ3n) is 3.95. The Morgan fingerprint density at radius 2 is 1.88 bits per heavy atom. The third-order valence-corrected chi connectivity index (χ3v) is 3.95. The molecule has 0 spiro atoms. The molecule has 2 aliphatic rings. The van der Waals surface area contributed by atoms with E-state index in [0.29, 0.717) is 0 Å². The molecule has 0 aromatic heterocycles. The monoisotopic (exact) mass is 369 g/mol. The molecule has 3 rings (SSSR count). The van der Waals surface area contributed by atoms with E-state index in [9.17, 15) is 14.9 Å². The smallest absolute Gasteiger partial charge is 0.431 e. The van der Waals surface area contributed by atoms with Gasteiger partial charge in [-0.1, -0.05) is 0 Å². The minimum Gasteiger partial charge on any atom is -0.431 e. The maximum absolute atomic E-state index is 11.8. The van der Waals surface area contributed by atoms with Gasteiger partial charge in [0.25, 0.3) is 5.69 Å². The number of ether oxygens (including phenoxy) is 6. The number of nitro benzene ring substituents is 1. The summed E-state index contributed by atoms with van der Waals surface area (Å²) < 4.78 is 32.4. The highest BCUT2D eigenvalue weighted by Gasteiger charge is 2.55. The van der Waals surface area contributed by atoms with Crippen LogP contribution in [0.3, 0.4) is 0 Å². The lowest BCUT2D eigenvalue weighted by Crippen LogP contribution is -2.34. The number of carbonyl (C=O) groups excluding carboxylic acids is 1. The van der Waals surface area contributed by atoms with Crippen LogP contribution < -0.4 is 4.74 Å². The van der Waals surface area contributed by atoms with Gasteiger partial charge in [0.2, 0.25) is 0 Å². The Kier molecular flexibility index (Phi) is 5.10. The molecule has 2 heterocycles. The first-order chi connectivity index (χ1) is 12.3. The van der Waals surface area contributed by atoms with Gasteiger partial charge in [-0.15, -0.1) is 0 Å². The zero-order valence-corrected chi connectivity index (χ0v) is 14.4. The molecule has 4 atom stereocenters. The van der Waals surface area contributed by atoms with Gasteiger partial charge in [-0.05, 0) is 26.0 Å². The predicted molar refractivity (Wildman–Crippen MR) is 84.6 cm³/mol. The number of hydrogen-bond acceptors (Lipinski definition) is 9. The highest BCUT2D eigenvalue weighted by molar-refractivity contribution is 5.64. The quantitative estimate of drug-likeness (QED) is 0.332. The molecule has 0 aliphatic carbocycles. The number of hydrogen-bond donors (Lipinski definition) is 0. The van der Waals surface area contributed by atoms with Crippen molar-refractivity contribution in [1.82, 2.24) is 0 Å². The van der Waals surface area contributed by atoms with Crippen LogP contribution in [-0.2, 0) is 23.7 Å². The Labute approximate surface area is 149 Å². The Bertz CT molecular complexity index is 675. The molecule has 10 nitrogen and oxygen atoms in total. The van der Waals surface area contributed by atoms with Crippen molar-refractivity contribution in [1.29, 1.82) is 0 Å². The van der Waals surface area contributed by atoms with Crippen LogP contribution in [0.2, 0.25) is 0 Å². The van der Waals surface area contributed by atoms with E-state index >= 15 is 0 Å². The molecule has 0 N–H and O–H groups in total. The first kappa shape index (κ1) is 18.5. The van der Waals surface area contributed by atoms with Crippen molar-refractivity contribution in [3.8, 4) is 5.75 Å². The second kappa shape index (κ2) is 7.16. The highest BCUT2D eigenvalue weighted by Crippen LogP contribution is 2.38. The van der Waals surface area contributed by atoms with Crippen LogP contribution in [-0.4, -0.2) is 55.2 Å². The van der Waals surface area contributed by atoms with E-state index in [4.69, 9.17) is 28.4 Å². The normalized spacial score (nSPS) is 29.2. The molecule has 0 amide bonds. The van der Waals surface area contributed by atoms with Crippen molar-refractivity contribution in [2.75, 3.05) is 13.7 Å². The number of nitro groups is 1. The molecular formula is C16H19NO9. The Morgan fingerprint density at radius 1 is 1.23 bits per heavy atom. The lowest BCUT2D eigenvalue weighted by atomic mass is 10.1. The van der Waals surface area contributed by atoms with Crippen LogP contribution in [0.1, 0.15) is 13.8 Å². The van der Waals surface area contributed by atoms with Gasteiger partial charge in [-0.3, -0.25) is 10.1 Å². The molecule has 2 saturated heterocycles. The molecule has 1 aromatic rings. The van der Waals surface area contributed by atoms with E-state index in [0.717, 1.165) is 0 Å². The molecule has 0 unspecified atom stereocenters. The van der Waals surface area contributed by atoms with Gasteiger partial charge in [-0.25, -0.2) is 4.79 Å². The van der Waals surface area contributed by atoms with Crippen LogP contribution in [0.15, 0.2) is 24.3 Å². The third kappa shape index (κ3) is 3.93. The molecule has 0 saturated carbocycles. The van der Waals surface area contributed by atoms with Crippen molar-refractivity contribution >= 4 is 11.8 Å². The first-order valence-electron chi connectivity index (χ1n) is 7.92. The van der Waals surface area contributed by atoms with Crippen LogP contribution in [0.4, 0.5) is 10.5 Å². The highest BCUT2D eigenvalue weighted by atomic mass is 16.8. The number of nitrogens with zero attached hydrogens (tertiary/aromatic N) is 1. The van der Waals surface area contributed by atoms with Crippen LogP contribution in [0.5, 0.6) is 5.75 Å². The topological polar surface area (TPSA) is 116 Å². The summed E-state index contributed by atoms with van der Waals surface area (Å²) in [5.74, 6) is -0.657. The van der Waals surface area contributed by atoms with Gasteiger partial charge in [0.05, 0.1) is 4.92 Å². The summed E-state index contributed by atoms with van der Waals surface area (Å²) in [5, 5.41) is 10.6. The molecule has 26 heavy (non-hydrogen) atoms. The zero-order chi connectivity index (χ0) is 18.9. The maximum atomic E-state index is 11.8. The van der Waals surface area contributed by atoms with Gasteiger partial charge >= 0.3 is 6.16 Å². The van der Waals surface area contributed by atoms with Crippen LogP contribution >= 0.6 is 0 Å². The van der Waals surface area contributed by atoms with Crippen molar-refractivity contribution in [2.45, 2.75) is 44.2 Å². The van der Waals surface area contributed by atoms with Crippen LogP contribution in [0.25, 0.3) is 0 Å². The number of carbonyl (C=O) groups is 1. The molecule has 2 fully saturated rings. The van der Waals surface area contributed by atoms with Gasteiger partial charge in [0.1, 0.15) is 30.7 Å². The van der Waals surface area contributed by atoms with Gasteiger partial charge < -0.3 is 28.4 Å². The molecule has 0 radical (unpaired) electrons. The Hall–Kier alpha value is -2.27. The zero-order valence-electron chi connectivity index (χ0n) is 14.4. The number of benzene rings is 1. The number of rotatable bonds is 5. The summed E-state index contributed by atoms with van der Waals surface area (Å²) in [4.78, 5) is 21.9. The lowest BCUT2D eigenvalue weighted by molar-refractivity contribution is -0.384. The maximum Gasteiger partial charge on any atom is 0.513 e. The summed E-state index contributed by atoms with van der Waals surface area (Å²) in [7, 11) is 1.49. The lowest BCUT2D eigenvalue weighted by Gasteiger charge is -2.23. The molecule has 1 aromatic carbocycles. The number of non-ortho nitro benzene ring substituents is 1. The molecule has 10 heteroatoms. The molecular weight excluding hydrogens is 350 g/mol. The van der Waals surface area contributed by atoms with E-state index in [1.807, 2.05) is 0 Å². The van der Waals surface area contributed by atoms with Crippen LogP contribution in [0, 0.1) is 10.1 Å². The van der Waals surface area contributed by atoms with E-state index < -0.39 is 41.5 Å². The van der Waals surface area contributed by atoms with Crippen molar-refractivity contribution in [3.05, 3.63) is 34.4 Å². The minimum atomic E-state index is -0.960. The fourth-order valence-electron chi connectivity index (χ4n) is 2.88. The van der Waals surface area contributed by atoms with E-state index in [2.05, 4.69) is 0 Å². The molecule has 142 valence electrons. The second-order valence-corrected chi connectivity index (χ2v) is 6.26.